The van der Waals surface area contributed by atoms with Gasteiger partial charge in [0, 0.05) is 12.3 Å². The highest BCUT2D eigenvalue weighted by Crippen LogP contribution is 2.31. The fourth-order valence-electron chi connectivity index (χ4n) is 3.55. The van der Waals surface area contributed by atoms with Crippen LogP contribution in [0.1, 0.15) is 31.2 Å². The number of hydrogen-bond donors (Lipinski definition) is 4. The molecule has 0 aliphatic heterocycles. The van der Waals surface area contributed by atoms with E-state index in [0.717, 1.165) is 12.8 Å². The van der Waals surface area contributed by atoms with Gasteiger partial charge in [-0.2, -0.15) is 0 Å². The zero-order valence-electron chi connectivity index (χ0n) is 19.5. The number of nitrogen functional groups attached to an aromatic ring is 2. The zero-order valence-corrected chi connectivity index (χ0v) is 19.5. The number of fused-ring (bicyclic) bond motifs is 1. The molecule has 0 bridgehead atoms. The summed E-state index contributed by atoms with van der Waals surface area (Å²) in [6.07, 6.45) is 3.68. The summed E-state index contributed by atoms with van der Waals surface area (Å²) in [6, 6.07) is 13.7. The maximum atomic E-state index is 13.9. The number of aromatic nitrogens is 4. The van der Waals surface area contributed by atoms with Crippen LogP contribution in [0.3, 0.4) is 0 Å². The monoisotopic (exact) mass is 488 g/mol. The first-order valence-corrected chi connectivity index (χ1v) is 11.3. The van der Waals surface area contributed by atoms with Gasteiger partial charge in [-0.1, -0.05) is 31.2 Å². The minimum Gasteiger partial charge on any atom is -0.425 e. The number of anilines is 2. The Bertz CT molecular complexity index is 1480. The molecular formula is C25H25FN8O2. The number of hydrogen-bond acceptors (Lipinski definition) is 9. The average molecular weight is 489 g/mol. The molecule has 2 aromatic heterocycles. The normalized spacial score (nSPS) is 12.5. The Labute approximate surface area is 205 Å². The first-order valence-electron chi connectivity index (χ1n) is 11.3. The second-order valence-corrected chi connectivity index (χ2v) is 8.08. The third-order valence-corrected chi connectivity index (χ3v) is 5.54. The van der Waals surface area contributed by atoms with E-state index in [9.17, 15) is 9.18 Å². The predicted molar refractivity (Wildman–Crippen MR) is 136 cm³/mol. The van der Waals surface area contributed by atoms with Crippen molar-refractivity contribution in [3.63, 3.8) is 0 Å². The SMILES string of the molecule is CCc1nc2cccc(F)c2c(=O)n1-c1ccccc1.N=C(OC(=N)C1CC1)c1c(N)ncnc1N. The summed E-state index contributed by atoms with van der Waals surface area (Å²) in [5, 5.41) is 15.2. The topological polar surface area (TPSA) is 170 Å². The van der Waals surface area contributed by atoms with Crippen LogP contribution >= 0.6 is 0 Å². The molecule has 1 aliphatic rings. The number of nitrogens with two attached hydrogens (primary N) is 2. The van der Waals surface area contributed by atoms with E-state index < -0.39 is 5.82 Å². The Balaban J connectivity index is 0.000000174. The molecule has 2 aromatic carbocycles. The van der Waals surface area contributed by atoms with Crippen molar-refractivity contribution >= 4 is 34.3 Å². The second kappa shape index (κ2) is 10.3. The van der Waals surface area contributed by atoms with E-state index >= 15 is 0 Å². The molecule has 0 atom stereocenters. The molecule has 6 N–H and O–H groups in total. The number of nitrogens with one attached hydrogen (secondary N) is 2. The van der Waals surface area contributed by atoms with Gasteiger partial charge in [-0.15, -0.1) is 0 Å². The lowest BCUT2D eigenvalue weighted by Gasteiger charge is -2.12. The molecule has 4 aromatic rings. The molecule has 0 unspecified atom stereocenters. The Morgan fingerprint density at radius 1 is 1.08 bits per heavy atom. The molecule has 0 radical (unpaired) electrons. The van der Waals surface area contributed by atoms with Crippen molar-refractivity contribution < 1.29 is 9.13 Å². The highest BCUT2D eigenvalue weighted by molar-refractivity contribution is 6.05. The third-order valence-electron chi connectivity index (χ3n) is 5.54. The minimum atomic E-state index is -0.535. The average Bonchev–Trinajstić information content (AvgIpc) is 3.70. The van der Waals surface area contributed by atoms with E-state index in [-0.39, 0.29) is 45.9 Å². The van der Waals surface area contributed by atoms with Crippen molar-refractivity contribution in [2.75, 3.05) is 11.5 Å². The minimum absolute atomic E-state index is 0.0357. The zero-order chi connectivity index (χ0) is 25.8. The molecule has 36 heavy (non-hydrogen) atoms. The summed E-state index contributed by atoms with van der Waals surface area (Å²) in [5.74, 6) is 0.196. The van der Waals surface area contributed by atoms with Crippen LogP contribution in [0.15, 0.2) is 59.7 Å². The highest BCUT2D eigenvalue weighted by Gasteiger charge is 2.30. The van der Waals surface area contributed by atoms with E-state index in [0.29, 0.717) is 23.4 Å². The quantitative estimate of drug-likeness (QED) is 0.252. The van der Waals surface area contributed by atoms with Crippen LogP contribution < -0.4 is 17.0 Å². The standard InChI is InChI=1S/C16H13FN2O.C9H12N6O/c1-2-14-18-13-10-6-9-12(17)15(13)16(20)19(14)11-7-4-3-5-8-11;10-6-5(7(11)15-3-14-6)9(13)16-8(12)4-1-2-4/h3-10H,2H2,1H3;3-4,12-13H,1-2H2,(H4,10,11,14,15). The fourth-order valence-corrected chi connectivity index (χ4v) is 3.55. The summed E-state index contributed by atoms with van der Waals surface area (Å²) in [7, 11) is 0. The van der Waals surface area contributed by atoms with Crippen LogP contribution in [0, 0.1) is 22.6 Å². The van der Waals surface area contributed by atoms with Crippen LogP contribution in [0.4, 0.5) is 16.0 Å². The largest absolute Gasteiger partial charge is 0.425 e. The third kappa shape index (κ3) is 5.04. The first kappa shape index (κ1) is 24.5. The lowest BCUT2D eigenvalue weighted by atomic mass is 10.2. The van der Waals surface area contributed by atoms with Gasteiger partial charge in [0.15, 0.2) is 5.90 Å². The molecule has 5 rings (SSSR count). The van der Waals surface area contributed by atoms with Gasteiger partial charge in [0.2, 0.25) is 5.90 Å². The van der Waals surface area contributed by atoms with Crippen LogP contribution in [-0.4, -0.2) is 31.3 Å². The summed E-state index contributed by atoms with van der Waals surface area (Å²) >= 11 is 0. The molecule has 10 nitrogen and oxygen atoms in total. The van der Waals surface area contributed by atoms with E-state index in [1.54, 1.807) is 12.1 Å². The van der Waals surface area contributed by atoms with Gasteiger partial charge in [-0.25, -0.2) is 19.3 Å². The number of halogens is 1. The smallest absolute Gasteiger partial charge is 0.268 e. The Kier molecular flexibility index (Phi) is 7.00. The predicted octanol–water partition coefficient (Wildman–Crippen LogP) is 3.46. The van der Waals surface area contributed by atoms with Gasteiger partial charge >= 0.3 is 0 Å². The Morgan fingerprint density at radius 3 is 2.36 bits per heavy atom. The summed E-state index contributed by atoms with van der Waals surface area (Å²) in [4.78, 5) is 24.5. The number of ether oxygens (including phenoxy) is 1. The number of aryl methyl sites for hydroxylation is 1. The van der Waals surface area contributed by atoms with Gasteiger partial charge in [0.1, 0.15) is 40.6 Å². The van der Waals surface area contributed by atoms with Gasteiger partial charge in [-0.3, -0.25) is 20.2 Å². The number of para-hydroxylation sites is 1. The van der Waals surface area contributed by atoms with E-state index in [1.165, 1.54) is 17.0 Å². The molecular weight excluding hydrogens is 463 g/mol. The van der Waals surface area contributed by atoms with Crippen molar-refractivity contribution in [3.8, 4) is 5.69 Å². The molecule has 11 heteroatoms. The maximum Gasteiger partial charge on any atom is 0.268 e. The van der Waals surface area contributed by atoms with Gasteiger partial charge in [0.05, 0.1) is 11.2 Å². The van der Waals surface area contributed by atoms with Crippen LogP contribution in [-0.2, 0) is 11.2 Å². The molecule has 0 spiro atoms. The molecule has 0 saturated heterocycles. The summed E-state index contributed by atoms with van der Waals surface area (Å²) in [5.41, 5.74) is 12.0. The van der Waals surface area contributed by atoms with E-state index in [1.807, 2.05) is 37.3 Å². The molecule has 1 aliphatic carbocycles. The molecule has 0 amide bonds. The van der Waals surface area contributed by atoms with Crippen molar-refractivity contribution in [2.45, 2.75) is 26.2 Å². The van der Waals surface area contributed by atoms with Crippen LogP contribution in [0.2, 0.25) is 0 Å². The number of benzene rings is 2. The van der Waals surface area contributed by atoms with Crippen LogP contribution in [0.25, 0.3) is 16.6 Å². The molecule has 1 fully saturated rings. The lowest BCUT2D eigenvalue weighted by Crippen LogP contribution is -2.24. The molecule has 1 saturated carbocycles. The van der Waals surface area contributed by atoms with Crippen molar-refractivity contribution in [1.29, 1.82) is 10.8 Å². The maximum absolute atomic E-state index is 13.9. The lowest BCUT2D eigenvalue weighted by molar-refractivity contribution is 0.512. The summed E-state index contributed by atoms with van der Waals surface area (Å²) in [6.45, 7) is 1.92. The van der Waals surface area contributed by atoms with Crippen molar-refractivity contribution in [1.82, 2.24) is 19.5 Å². The Hall–Kier alpha value is -4.67. The summed E-state index contributed by atoms with van der Waals surface area (Å²) < 4.78 is 20.5. The number of rotatable bonds is 4. The van der Waals surface area contributed by atoms with Crippen molar-refractivity contribution in [2.24, 2.45) is 5.92 Å². The highest BCUT2D eigenvalue weighted by atomic mass is 19.1. The second-order valence-electron chi connectivity index (χ2n) is 8.08. The first-order chi connectivity index (χ1) is 17.3. The van der Waals surface area contributed by atoms with E-state index in [2.05, 4.69) is 15.0 Å². The molecule has 184 valence electrons. The van der Waals surface area contributed by atoms with E-state index in [4.69, 9.17) is 27.0 Å². The van der Waals surface area contributed by atoms with Gasteiger partial charge < -0.3 is 16.2 Å². The molecule has 2 heterocycles. The van der Waals surface area contributed by atoms with Gasteiger partial charge in [0.25, 0.3) is 5.56 Å². The van der Waals surface area contributed by atoms with Gasteiger partial charge in [-0.05, 0) is 37.1 Å². The van der Waals surface area contributed by atoms with Crippen molar-refractivity contribution in [3.05, 3.63) is 82.4 Å². The Morgan fingerprint density at radius 2 is 1.75 bits per heavy atom. The fraction of sp³-hybridized carbons (Fsp3) is 0.200. The van der Waals surface area contributed by atoms with Crippen LogP contribution in [0.5, 0.6) is 0 Å². The number of nitrogens with zero attached hydrogens (tertiary/aromatic N) is 4.